The van der Waals surface area contributed by atoms with Crippen LogP contribution in [-0.2, 0) is 10.5 Å². The number of benzene rings is 1. The molecule has 0 aliphatic carbocycles. The molecule has 0 N–H and O–H groups in total. The minimum Gasteiger partial charge on any atom is -0.300 e. The van der Waals surface area contributed by atoms with E-state index in [-0.39, 0.29) is 5.78 Å². The zero-order valence-corrected chi connectivity index (χ0v) is 10.5. The van der Waals surface area contributed by atoms with Crippen LogP contribution in [-0.4, -0.2) is 11.5 Å². The highest BCUT2D eigenvalue weighted by Crippen LogP contribution is 2.16. The Morgan fingerprint density at radius 3 is 2.33 bits per heavy atom. The molecule has 0 spiro atoms. The Bertz CT molecular complexity index is 324. The van der Waals surface area contributed by atoms with Gasteiger partial charge < -0.3 is 0 Å². The normalized spacial score (nSPS) is 10.3. The van der Waals surface area contributed by atoms with Gasteiger partial charge in [-0.2, -0.15) is 11.8 Å². The van der Waals surface area contributed by atoms with E-state index in [4.69, 9.17) is 0 Å². The first-order valence-corrected chi connectivity index (χ1v) is 6.38. The number of carbonyl (C=O) groups is 1. The van der Waals surface area contributed by atoms with Crippen molar-refractivity contribution in [1.82, 2.24) is 0 Å². The van der Waals surface area contributed by atoms with Crippen molar-refractivity contribution in [3.8, 4) is 0 Å². The molecule has 0 saturated carbocycles. The quantitative estimate of drug-likeness (QED) is 0.709. The Morgan fingerprint density at radius 2 is 1.80 bits per heavy atom. The smallest absolute Gasteiger partial charge is 0.130 e. The van der Waals surface area contributed by atoms with E-state index in [2.05, 4.69) is 32.0 Å². The maximum absolute atomic E-state index is 10.7. The molecule has 1 aromatic rings. The average molecular weight is 222 g/mol. The molecule has 0 radical (unpaired) electrons. The summed E-state index contributed by atoms with van der Waals surface area (Å²) in [7, 11) is 0. The highest BCUT2D eigenvalue weighted by atomic mass is 32.2. The van der Waals surface area contributed by atoms with Crippen LogP contribution in [0.1, 0.15) is 30.0 Å². The predicted molar refractivity (Wildman–Crippen MR) is 67.4 cm³/mol. The minimum atomic E-state index is 0.280. The van der Waals surface area contributed by atoms with Gasteiger partial charge in [0.25, 0.3) is 0 Å². The number of thioether (sulfide) groups is 1. The summed E-state index contributed by atoms with van der Waals surface area (Å²) in [5, 5.41) is 0. The van der Waals surface area contributed by atoms with Gasteiger partial charge in [0, 0.05) is 17.9 Å². The lowest BCUT2D eigenvalue weighted by atomic mass is 10.1. The second-order valence-corrected chi connectivity index (χ2v) is 5.11. The van der Waals surface area contributed by atoms with Crippen LogP contribution in [0.25, 0.3) is 0 Å². The molecule has 2 heteroatoms. The average Bonchev–Trinajstić information content (AvgIpc) is 2.10. The molecule has 0 saturated heterocycles. The summed E-state index contributed by atoms with van der Waals surface area (Å²) in [6, 6.07) is 6.62. The molecule has 0 atom stereocenters. The van der Waals surface area contributed by atoms with Gasteiger partial charge in [-0.05, 0) is 26.3 Å². The topological polar surface area (TPSA) is 17.1 Å². The third kappa shape index (κ3) is 5.03. The SMILES string of the molecule is CC(=O)CCSCc1cc(C)cc(C)c1. The van der Waals surface area contributed by atoms with Crippen molar-refractivity contribution >= 4 is 17.5 Å². The van der Waals surface area contributed by atoms with Crippen molar-refractivity contribution in [3.05, 3.63) is 34.9 Å². The molecule has 0 unspecified atom stereocenters. The number of carbonyl (C=O) groups excluding carboxylic acids is 1. The summed E-state index contributed by atoms with van der Waals surface area (Å²) >= 11 is 1.83. The van der Waals surface area contributed by atoms with E-state index >= 15 is 0 Å². The van der Waals surface area contributed by atoms with Crippen LogP contribution in [0.15, 0.2) is 18.2 Å². The lowest BCUT2D eigenvalue weighted by molar-refractivity contribution is -0.116. The van der Waals surface area contributed by atoms with E-state index in [1.807, 2.05) is 11.8 Å². The van der Waals surface area contributed by atoms with Crippen molar-refractivity contribution in [3.63, 3.8) is 0 Å². The first-order chi connectivity index (χ1) is 7.08. The molecule has 82 valence electrons. The lowest BCUT2D eigenvalue weighted by Gasteiger charge is -2.04. The summed E-state index contributed by atoms with van der Waals surface area (Å²) in [6.45, 7) is 5.89. The second-order valence-electron chi connectivity index (χ2n) is 4.00. The van der Waals surface area contributed by atoms with Crippen LogP contribution in [0, 0.1) is 13.8 Å². The Kier molecular flexibility index (Phi) is 4.89. The van der Waals surface area contributed by atoms with Crippen LogP contribution in [0.3, 0.4) is 0 Å². The van der Waals surface area contributed by atoms with Crippen LogP contribution in [0.2, 0.25) is 0 Å². The predicted octanol–water partition coefficient (Wildman–Crippen LogP) is 3.52. The minimum absolute atomic E-state index is 0.280. The monoisotopic (exact) mass is 222 g/mol. The van der Waals surface area contributed by atoms with E-state index < -0.39 is 0 Å². The molecule has 0 fully saturated rings. The Hall–Kier alpha value is -0.760. The van der Waals surface area contributed by atoms with Crippen molar-refractivity contribution in [2.45, 2.75) is 32.9 Å². The van der Waals surface area contributed by atoms with Gasteiger partial charge in [0.1, 0.15) is 5.78 Å². The van der Waals surface area contributed by atoms with Gasteiger partial charge in [0.2, 0.25) is 0 Å². The molecular formula is C13H18OS. The van der Waals surface area contributed by atoms with E-state index in [1.165, 1.54) is 16.7 Å². The van der Waals surface area contributed by atoms with Gasteiger partial charge in [-0.1, -0.05) is 29.3 Å². The third-order valence-electron chi connectivity index (χ3n) is 2.15. The molecule has 0 amide bonds. The molecule has 0 aliphatic heterocycles. The fourth-order valence-electron chi connectivity index (χ4n) is 1.56. The van der Waals surface area contributed by atoms with Gasteiger partial charge in [0.15, 0.2) is 0 Å². The second kappa shape index (κ2) is 5.96. The molecule has 1 rings (SSSR count). The maximum Gasteiger partial charge on any atom is 0.130 e. The summed E-state index contributed by atoms with van der Waals surface area (Å²) in [4.78, 5) is 10.7. The Labute approximate surface area is 96.3 Å². The zero-order chi connectivity index (χ0) is 11.3. The van der Waals surface area contributed by atoms with Gasteiger partial charge in [0.05, 0.1) is 0 Å². The highest BCUT2D eigenvalue weighted by Gasteiger charge is 1.98. The van der Waals surface area contributed by atoms with Crippen molar-refractivity contribution in [2.24, 2.45) is 0 Å². The Balaban J connectivity index is 2.40. The number of Topliss-reactive ketones (excluding diaryl/α,β-unsaturated/α-hetero) is 1. The van der Waals surface area contributed by atoms with Crippen molar-refractivity contribution in [1.29, 1.82) is 0 Å². The van der Waals surface area contributed by atoms with Crippen LogP contribution >= 0.6 is 11.8 Å². The summed E-state index contributed by atoms with van der Waals surface area (Å²) in [5.41, 5.74) is 4.00. The lowest BCUT2D eigenvalue weighted by Crippen LogP contribution is -1.93. The number of ketones is 1. The van der Waals surface area contributed by atoms with Crippen molar-refractivity contribution in [2.75, 3.05) is 5.75 Å². The first kappa shape index (κ1) is 12.3. The standard InChI is InChI=1S/C13H18OS/c1-10-6-11(2)8-13(7-10)9-15-5-4-12(3)14/h6-8H,4-5,9H2,1-3H3. The zero-order valence-electron chi connectivity index (χ0n) is 9.67. The molecule has 0 bridgehead atoms. The third-order valence-corrected chi connectivity index (χ3v) is 3.18. The van der Waals surface area contributed by atoms with Gasteiger partial charge in [-0.15, -0.1) is 0 Å². The van der Waals surface area contributed by atoms with E-state index in [9.17, 15) is 4.79 Å². The fourth-order valence-corrected chi connectivity index (χ4v) is 2.54. The summed E-state index contributed by atoms with van der Waals surface area (Å²) in [6.07, 6.45) is 0.690. The number of aryl methyl sites for hydroxylation is 2. The van der Waals surface area contributed by atoms with Gasteiger partial charge >= 0.3 is 0 Å². The molecule has 0 aliphatic rings. The molecule has 1 aromatic carbocycles. The van der Waals surface area contributed by atoms with Crippen LogP contribution < -0.4 is 0 Å². The van der Waals surface area contributed by atoms with E-state index in [0.717, 1.165) is 11.5 Å². The molecular weight excluding hydrogens is 204 g/mol. The fraction of sp³-hybridized carbons (Fsp3) is 0.462. The van der Waals surface area contributed by atoms with Gasteiger partial charge in [-0.3, -0.25) is 4.79 Å². The molecule has 15 heavy (non-hydrogen) atoms. The number of hydrogen-bond donors (Lipinski definition) is 0. The van der Waals surface area contributed by atoms with Gasteiger partial charge in [-0.25, -0.2) is 0 Å². The first-order valence-electron chi connectivity index (χ1n) is 5.22. The van der Waals surface area contributed by atoms with E-state index in [1.54, 1.807) is 6.92 Å². The molecule has 0 heterocycles. The Morgan fingerprint density at radius 1 is 1.20 bits per heavy atom. The molecule has 0 aromatic heterocycles. The number of hydrogen-bond acceptors (Lipinski definition) is 2. The largest absolute Gasteiger partial charge is 0.300 e. The molecule has 1 nitrogen and oxygen atoms in total. The summed E-state index contributed by atoms with van der Waals surface area (Å²) < 4.78 is 0. The van der Waals surface area contributed by atoms with Crippen LogP contribution in [0.5, 0.6) is 0 Å². The van der Waals surface area contributed by atoms with Crippen LogP contribution in [0.4, 0.5) is 0 Å². The summed E-state index contributed by atoms with van der Waals surface area (Å²) in [5.74, 6) is 2.22. The maximum atomic E-state index is 10.7. The van der Waals surface area contributed by atoms with E-state index in [0.29, 0.717) is 6.42 Å². The highest BCUT2D eigenvalue weighted by molar-refractivity contribution is 7.98. The number of rotatable bonds is 5. The van der Waals surface area contributed by atoms with Crippen molar-refractivity contribution < 1.29 is 4.79 Å².